The van der Waals surface area contributed by atoms with Crippen LogP contribution in [0.1, 0.15) is 18.4 Å². The molecule has 0 bridgehead atoms. The lowest BCUT2D eigenvalue weighted by Gasteiger charge is -2.00. The first-order chi connectivity index (χ1) is 6.72. The summed E-state index contributed by atoms with van der Waals surface area (Å²) in [5.41, 5.74) is 6.29. The highest BCUT2D eigenvalue weighted by Crippen LogP contribution is 2.11. The maximum Gasteiger partial charge on any atom is 0.137 e. The van der Waals surface area contributed by atoms with E-state index in [4.69, 9.17) is 17.3 Å². The van der Waals surface area contributed by atoms with Gasteiger partial charge in [-0.2, -0.15) is 0 Å². The van der Waals surface area contributed by atoms with Crippen molar-refractivity contribution in [3.05, 3.63) is 34.9 Å². The van der Waals surface area contributed by atoms with Crippen LogP contribution in [0.3, 0.4) is 0 Å². The van der Waals surface area contributed by atoms with E-state index >= 15 is 0 Å². The molecular weight excluding hydrogens is 198 g/mol. The predicted octanol–water partition coefficient (Wildman–Crippen LogP) is 2.19. The molecule has 0 aliphatic carbocycles. The Balaban J connectivity index is 2.47. The van der Waals surface area contributed by atoms with E-state index in [2.05, 4.69) is 0 Å². The Bertz CT molecular complexity index is 312. The Labute approximate surface area is 89.1 Å². The van der Waals surface area contributed by atoms with Gasteiger partial charge in [-0.3, -0.25) is 4.79 Å². The van der Waals surface area contributed by atoms with E-state index < -0.39 is 0 Å². The maximum absolute atomic E-state index is 11.4. The van der Waals surface area contributed by atoms with Crippen LogP contribution in [0, 0.1) is 0 Å². The molecule has 0 radical (unpaired) electrons. The van der Waals surface area contributed by atoms with Crippen LogP contribution in [0.5, 0.6) is 0 Å². The van der Waals surface area contributed by atoms with Gasteiger partial charge in [0.25, 0.3) is 0 Å². The number of carbonyl (C=O) groups is 1. The van der Waals surface area contributed by atoms with E-state index in [1.165, 1.54) is 0 Å². The summed E-state index contributed by atoms with van der Waals surface area (Å²) in [5.74, 6) is 0.220. The summed E-state index contributed by atoms with van der Waals surface area (Å²) in [6, 6.07) is 7.39. The molecule has 0 unspecified atom stereocenters. The normalized spacial score (nSPS) is 10.1. The van der Waals surface area contributed by atoms with Crippen LogP contribution in [0.4, 0.5) is 0 Å². The first-order valence-corrected chi connectivity index (χ1v) is 5.06. The molecule has 0 saturated heterocycles. The molecule has 0 heterocycles. The summed E-state index contributed by atoms with van der Waals surface area (Å²) >= 11 is 5.80. The van der Waals surface area contributed by atoms with E-state index in [1.54, 1.807) is 6.07 Å². The van der Waals surface area contributed by atoms with Crippen LogP contribution in [0.25, 0.3) is 0 Å². The fraction of sp³-hybridized carbons (Fsp3) is 0.364. The lowest BCUT2D eigenvalue weighted by molar-refractivity contribution is -0.118. The lowest BCUT2D eigenvalue weighted by atomic mass is 10.1. The fourth-order valence-corrected chi connectivity index (χ4v) is 1.48. The molecule has 2 N–H and O–H groups in total. The molecule has 76 valence electrons. The number of hydrogen-bond acceptors (Lipinski definition) is 2. The number of hydrogen-bond donors (Lipinski definition) is 1. The van der Waals surface area contributed by atoms with Gasteiger partial charge in [-0.05, 0) is 30.7 Å². The SMILES string of the molecule is NCCCC(=O)Cc1cccc(Cl)c1. The molecule has 0 saturated carbocycles. The van der Waals surface area contributed by atoms with Crippen LogP contribution in [-0.2, 0) is 11.2 Å². The zero-order chi connectivity index (χ0) is 10.4. The monoisotopic (exact) mass is 211 g/mol. The molecule has 0 aliphatic rings. The highest BCUT2D eigenvalue weighted by atomic mass is 35.5. The third-order valence-electron chi connectivity index (χ3n) is 1.95. The third kappa shape index (κ3) is 3.90. The van der Waals surface area contributed by atoms with Crippen molar-refractivity contribution >= 4 is 17.4 Å². The van der Waals surface area contributed by atoms with Crippen molar-refractivity contribution in [1.82, 2.24) is 0 Å². The first-order valence-electron chi connectivity index (χ1n) is 4.68. The first kappa shape index (κ1) is 11.2. The van der Waals surface area contributed by atoms with Gasteiger partial charge in [0, 0.05) is 17.9 Å². The van der Waals surface area contributed by atoms with Crippen molar-refractivity contribution in [2.75, 3.05) is 6.54 Å². The Kier molecular flexibility index (Phi) is 4.63. The summed E-state index contributed by atoms with van der Waals surface area (Å²) in [7, 11) is 0. The number of rotatable bonds is 5. The zero-order valence-electron chi connectivity index (χ0n) is 8.00. The zero-order valence-corrected chi connectivity index (χ0v) is 8.76. The Hall–Kier alpha value is -0.860. The van der Waals surface area contributed by atoms with E-state index in [9.17, 15) is 4.79 Å². The van der Waals surface area contributed by atoms with Crippen LogP contribution in [0.2, 0.25) is 5.02 Å². The van der Waals surface area contributed by atoms with Gasteiger partial charge >= 0.3 is 0 Å². The summed E-state index contributed by atoms with van der Waals surface area (Å²) in [6.07, 6.45) is 1.78. The van der Waals surface area contributed by atoms with Gasteiger partial charge in [-0.15, -0.1) is 0 Å². The molecule has 1 rings (SSSR count). The third-order valence-corrected chi connectivity index (χ3v) is 2.19. The molecule has 0 spiro atoms. The van der Waals surface area contributed by atoms with Crippen molar-refractivity contribution in [3.8, 4) is 0 Å². The van der Waals surface area contributed by atoms with Crippen molar-refractivity contribution in [2.45, 2.75) is 19.3 Å². The van der Waals surface area contributed by atoms with Crippen molar-refractivity contribution in [1.29, 1.82) is 0 Å². The predicted molar refractivity (Wildman–Crippen MR) is 58.5 cm³/mol. The fourth-order valence-electron chi connectivity index (χ4n) is 1.26. The summed E-state index contributed by atoms with van der Waals surface area (Å²) in [6.45, 7) is 0.571. The molecule has 0 fully saturated rings. The van der Waals surface area contributed by atoms with Gasteiger partial charge in [0.1, 0.15) is 5.78 Å². The molecule has 1 aromatic rings. The Morgan fingerprint density at radius 3 is 2.86 bits per heavy atom. The molecule has 0 aromatic heterocycles. The molecule has 14 heavy (non-hydrogen) atoms. The van der Waals surface area contributed by atoms with Crippen LogP contribution in [-0.4, -0.2) is 12.3 Å². The van der Waals surface area contributed by atoms with Gasteiger partial charge in [-0.25, -0.2) is 0 Å². The molecule has 3 heteroatoms. The van der Waals surface area contributed by atoms with Gasteiger partial charge in [-0.1, -0.05) is 23.7 Å². The van der Waals surface area contributed by atoms with Crippen molar-refractivity contribution in [3.63, 3.8) is 0 Å². The molecule has 2 nitrogen and oxygen atoms in total. The number of halogens is 1. The second-order valence-electron chi connectivity index (χ2n) is 3.24. The lowest BCUT2D eigenvalue weighted by Crippen LogP contribution is -2.06. The van der Waals surface area contributed by atoms with Gasteiger partial charge < -0.3 is 5.73 Å². The largest absolute Gasteiger partial charge is 0.330 e. The van der Waals surface area contributed by atoms with Crippen molar-refractivity contribution in [2.24, 2.45) is 5.73 Å². The number of ketones is 1. The van der Waals surface area contributed by atoms with Gasteiger partial charge in [0.2, 0.25) is 0 Å². The minimum Gasteiger partial charge on any atom is -0.330 e. The number of Topliss-reactive ketones (excluding diaryl/α,β-unsaturated/α-hetero) is 1. The molecule has 0 atom stereocenters. The maximum atomic E-state index is 11.4. The highest BCUT2D eigenvalue weighted by molar-refractivity contribution is 6.30. The molecule has 1 aromatic carbocycles. The van der Waals surface area contributed by atoms with Crippen LogP contribution < -0.4 is 5.73 Å². The van der Waals surface area contributed by atoms with Gasteiger partial charge in [0.05, 0.1) is 0 Å². The Morgan fingerprint density at radius 2 is 2.21 bits per heavy atom. The van der Waals surface area contributed by atoms with E-state index in [-0.39, 0.29) is 5.78 Å². The van der Waals surface area contributed by atoms with E-state index in [0.717, 1.165) is 12.0 Å². The summed E-state index contributed by atoms with van der Waals surface area (Å²) < 4.78 is 0. The standard InChI is InChI=1S/C11H14ClNO/c12-10-4-1-3-9(7-10)8-11(14)5-2-6-13/h1,3-4,7H,2,5-6,8,13H2. The molecular formula is C11H14ClNO. The van der Waals surface area contributed by atoms with E-state index in [1.807, 2.05) is 18.2 Å². The summed E-state index contributed by atoms with van der Waals surface area (Å²) in [4.78, 5) is 11.4. The highest BCUT2D eigenvalue weighted by Gasteiger charge is 2.03. The number of carbonyl (C=O) groups excluding carboxylic acids is 1. The van der Waals surface area contributed by atoms with Gasteiger partial charge in [0.15, 0.2) is 0 Å². The molecule has 0 amide bonds. The minimum atomic E-state index is 0.220. The Morgan fingerprint density at radius 1 is 1.43 bits per heavy atom. The summed E-state index contributed by atoms with van der Waals surface area (Å²) in [5, 5.41) is 0.675. The smallest absolute Gasteiger partial charge is 0.137 e. The average Bonchev–Trinajstić information content (AvgIpc) is 2.15. The average molecular weight is 212 g/mol. The quantitative estimate of drug-likeness (QED) is 0.812. The van der Waals surface area contributed by atoms with Crippen molar-refractivity contribution < 1.29 is 4.79 Å². The van der Waals surface area contributed by atoms with Crippen LogP contribution in [0.15, 0.2) is 24.3 Å². The second kappa shape index (κ2) is 5.78. The minimum absolute atomic E-state index is 0.220. The topological polar surface area (TPSA) is 43.1 Å². The second-order valence-corrected chi connectivity index (χ2v) is 3.67. The number of nitrogens with two attached hydrogens (primary N) is 1. The van der Waals surface area contributed by atoms with E-state index in [0.29, 0.717) is 24.4 Å². The van der Waals surface area contributed by atoms with Crippen LogP contribution >= 0.6 is 11.6 Å². The molecule has 0 aliphatic heterocycles. The number of benzene rings is 1.